The highest BCUT2D eigenvalue weighted by Gasteiger charge is 2.08. The highest BCUT2D eigenvalue weighted by molar-refractivity contribution is 5.85. The van der Waals surface area contributed by atoms with Gasteiger partial charge in [-0.05, 0) is 26.2 Å². The Morgan fingerprint density at radius 3 is 2.47 bits per heavy atom. The molecule has 4 nitrogen and oxygen atoms in total. The molecule has 0 aliphatic heterocycles. The topological polar surface area (TPSA) is 60.9 Å². The first-order chi connectivity index (χ1) is 7.50. The molecule has 0 aliphatic rings. The lowest BCUT2D eigenvalue weighted by atomic mass is 10.1. The van der Waals surface area contributed by atoms with Crippen molar-refractivity contribution >= 4 is 12.4 Å². The molecule has 1 unspecified atom stereocenters. The summed E-state index contributed by atoms with van der Waals surface area (Å²) >= 11 is 0. The second-order valence-electron chi connectivity index (χ2n) is 4.83. The molecule has 3 N–H and O–H groups in total. The van der Waals surface area contributed by atoms with Gasteiger partial charge in [-0.15, -0.1) is 12.4 Å². The summed E-state index contributed by atoms with van der Waals surface area (Å²) in [5.74, 6) is 0.536. The number of aliphatic hydroxyl groups excluding tert-OH is 1. The third-order valence-corrected chi connectivity index (χ3v) is 2.71. The average molecular weight is 262 g/mol. The fourth-order valence-corrected chi connectivity index (χ4v) is 1.83. The van der Waals surface area contributed by atoms with Crippen molar-refractivity contribution in [1.82, 2.24) is 15.5 Å². The minimum absolute atomic E-state index is 0. The van der Waals surface area contributed by atoms with Gasteiger partial charge in [-0.25, -0.2) is 0 Å². The van der Waals surface area contributed by atoms with Crippen LogP contribution in [0.4, 0.5) is 0 Å². The van der Waals surface area contributed by atoms with Crippen molar-refractivity contribution in [2.24, 2.45) is 5.92 Å². The minimum Gasteiger partial charge on any atom is -0.392 e. The molecule has 1 heterocycles. The number of rotatable bonds is 6. The number of nitrogens with one attached hydrogen (secondary N) is 2. The van der Waals surface area contributed by atoms with Crippen LogP contribution in [-0.2, 0) is 6.54 Å². The maximum Gasteiger partial charge on any atom is 0.0667 e. The molecule has 0 bridgehead atoms. The fraction of sp³-hybridized carbons (Fsp3) is 0.750. The van der Waals surface area contributed by atoms with Crippen LogP contribution in [0.1, 0.15) is 37.2 Å². The Morgan fingerprint density at radius 1 is 1.35 bits per heavy atom. The Bertz CT molecular complexity index is 306. The first kappa shape index (κ1) is 16.4. The van der Waals surface area contributed by atoms with E-state index in [0.717, 1.165) is 24.4 Å². The molecule has 0 amide bonds. The quantitative estimate of drug-likeness (QED) is 0.734. The van der Waals surface area contributed by atoms with Crippen molar-refractivity contribution in [3.8, 4) is 0 Å². The monoisotopic (exact) mass is 261 g/mol. The zero-order chi connectivity index (χ0) is 12.1. The molecule has 1 aromatic heterocycles. The molecule has 1 aromatic rings. The second kappa shape index (κ2) is 7.69. The lowest BCUT2D eigenvalue weighted by molar-refractivity contribution is 0.146. The van der Waals surface area contributed by atoms with E-state index in [0.29, 0.717) is 12.5 Å². The predicted molar refractivity (Wildman–Crippen MR) is 72.5 cm³/mol. The number of halogens is 1. The molecular weight excluding hydrogens is 238 g/mol. The van der Waals surface area contributed by atoms with Crippen molar-refractivity contribution < 1.29 is 5.11 Å². The van der Waals surface area contributed by atoms with Crippen LogP contribution in [-0.4, -0.2) is 28.0 Å². The van der Waals surface area contributed by atoms with Crippen LogP contribution in [0.5, 0.6) is 0 Å². The summed E-state index contributed by atoms with van der Waals surface area (Å²) in [5.41, 5.74) is 3.34. The summed E-state index contributed by atoms with van der Waals surface area (Å²) in [4.78, 5) is 0. The summed E-state index contributed by atoms with van der Waals surface area (Å²) in [6, 6.07) is 0. The summed E-state index contributed by atoms with van der Waals surface area (Å²) in [7, 11) is 0. The maximum atomic E-state index is 9.70. The average Bonchev–Trinajstić information content (AvgIpc) is 2.47. The summed E-state index contributed by atoms with van der Waals surface area (Å²) in [5, 5.41) is 20.1. The molecule has 0 aliphatic carbocycles. The van der Waals surface area contributed by atoms with Crippen LogP contribution in [0.15, 0.2) is 0 Å². The Kier molecular flexibility index (Phi) is 7.43. The Morgan fingerprint density at radius 2 is 2.00 bits per heavy atom. The summed E-state index contributed by atoms with van der Waals surface area (Å²) < 4.78 is 0. The van der Waals surface area contributed by atoms with Gasteiger partial charge in [-0.1, -0.05) is 13.8 Å². The number of hydrogen-bond acceptors (Lipinski definition) is 3. The van der Waals surface area contributed by atoms with Crippen molar-refractivity contribution in [2.45, 2.75) is 46.8 Å². The molecular formula is C12H24ClN3O. The van der Waals surface area contributed by atoms with Gasteiger partial charge in [0.2, 0.25) is 0 Å². The predicted octanol–water partition coefficient (Wildman–Crippen LogP) is 1.94. The molecule has 5 heteroatoms. The van der Waals surface area contributed by atoms with E-state index in [1.54, 1.807) is 0 Å². The van der Waals surface area contributed by atoms with E-state index < -0.39 is 0 Å². The number of hydrogen-bond donors (Lipinski definition) is 3. The van der Waals surface area contributed by atoms with Gasteiger partial charge in [0, 0.05) is 24.3 Å². The Labute approximate surface area is 110 Å². The zero-order valence-electron chi connectivity index (χ0n) is 11.1. The number of aryl methyl sites for hydroxylation is 2. The Balaban J connectivity index is 0.00000256. The van der Waals surface area contributed by atoms with Crippen molar-refractivity contribution in [2.75, 3.05) is 6.54 Å². The van der Waals surface area contributed by atoms with Crippen LogP contribution in [0.3, 0.4) is 0 Å². The minimum atomic E-state index is -0.257. The van der Waals surface area contributed by atoms with E-state index >= 15 is 0 Å². The van der Waals surface area contributed by atoms with Crippen molar-refractivity contribution in [1.29, 1.82) is 0 Å². The maximum absolute atomic E-state index is 9.70. The summed E-state index contributed by atoms with van der Waals surface area (Å²) in [6.45, 7) is 9.65. The van der Waals surface area contributed by atoms with Gasteiger partial charge < -0.3 is 10.4 Å². The molecule has 0 saturated carbocycles. The summed E-state index contributed by atoms with van der Waals surface area (Å²) in [6.07, 6.45) is 0.587. The molecule has 100 valence electrons. The standard InChI is InChI=1S/C12H23N3O.ClH/c1-8(2)5-11(16)6-13-7-12-9(3)14-15-10(12)4;/h8,11,13,16H,5-7H2,1-4H3,(H,14,15);1H. The third-order valence-electron chi connectivity index (χ3n) is 2.71. The van der Waals surface area contributed by atoms with Gasteiger partial charge in [-0.3, -0.25) is 5.10 Å². The van der Waals surface area contributed by atoms with E-state index in [-0.39, 0.29) is 18.5 Å². The fourth-order valence-electron chi connectivity index (χ4n) is 1.83. The molecule has 1 rings (SSSR count). The highest BCUT2D eigenvalue weighted by atomic mass is 35.5. The number of aromatic amines is 1. The van der Waals surface area contributed by atoms with Gasteiger partial charge >= 0.3 is 0 Å². The molecule has 0 aromatic carbocycles. The highest BCUT2D eigenvalue weighted by Crippen LogP contribution is 2.09. The van der Waals surface area contributed by atoms with Crippen molar-refractivity contribution in [3.63, 3.8) is 0 Å². The normalized spacial score (nSPS) is 12.6. The van der Waals surface area contributed by atoms with Gasteiger partial charge in [0.05, 0.1) is 11.8 Å². The Hall–Kier alpha value is -0.580. The number of H-pyrrole nitrogens is 1. The largest absolute Gasteiger partial charge is 0.392 e. The van der Waals surface area contributed by atoms with E-state index in [9.17, 15) is 5.11 Å². The van der Waals surface area contributed by atoms with E-state index in [1.807, 2.05) is 13.8 Å². The second-order valence-corrected chi connectivity index (χ2v) is 4.83. The lowest BCUT2D eigenvalue weighted by Crippen LogP contribution is -2.27. The van der Waals surface area contributed by atoms with Crippen LogP contribution >= 0.6 is 12.4 Å². The van der Waals surface area contributed by atoms with E-state index in [2.05, 4.69) is 29.4 Å². The van der Waals surface area contributed by atoms with Crippen LogP contribution in [0.2, 0.25) is 0 Å². The van der Waals surface area contributed by atoms with Crippen molar-refractivity contribution in [3.05, 3.63) is 17.0 Å². The van der Waals surface area contributed by atoms with Gasteiger partial charge in [-0.2, -0.15) is 5.10 Å². The lowest BCUT2D eigenvalue weighted by Gasteiger charge is -2.13. The van der Waals surface area contributed by atoms with E-state index in [1.165, 1.54) is 5.56 Å². The van der Waals surface area contributed by atoms with Crippen LogP contribution in [0, 0.1) is 19.8 Å². The van der Waals surface area contributed by atoms with E-state index in [4.69, 9.17) is 0 Å². The first-order valence-corrected chi connectivity index (χ1v) is 5.90. The van der Waals surface area contributed by atoms with Gasteiger partial charge in [0.25, 0.3) is 0 Å². The molecule has 1 atom stereocenters. The van der Waals surface area contributed by atoms with Gasteiger partial charge in [0.1, 0.15) is 0 Å². The molecule has 0 saturated heterocycles. The smallest absolute Gasteiger partial charge is 0.0667 e. The first-order valence-electron chi connectivity index (χ1n) is 5.90. The number of aromatic nitrogens is 2. The number of aliphatic hydroxyl groups is 1. The SMILES string of the molecule is Cc1n[nH]c(C)c1CNCC(O)CC(C)C.Cl. The molecule has 0 spiro atoms. The van der Waals surface area contributed by atoms with Crippen LogP contribution in [0.25, 0.3) is 0 Å². The van der Waals surface area contributed by atoms with Crippen LogP contribution < -0.4 is 5.32 Å². The molecule has 17 heavy (non-hydrogen) atoms. The third kappa shape index (κ3) is 5.52. The molecule has 0 fully saturated rings. The molecule has 0 radical (unpaired) electrons. The zero-order valence-corrected chi connectivity index (χ0v) is 11.9. The van der Waals surface area contributed by atoms with Gasteiger partial charge in [0.15, 0.2) is 0 Å². The number of nitrogens with zero attached hydrogens (tertiary/aromatic N) is 1.